The van der Waals surface area contributed by atoms with Gasteiger partial charge in [-0.2, -0.15) is 0 Å². The minimum atomic E-state index is -1.38. The molecule has 3 heterocycles. The first kappa shape index (κ1) is 26.3. The Morgan fingerprint density at radius 3 is 2.79 bits per heavy atom. The molecule has 3 aliphatic rings. The minimum Gasteiger partial charge on any atom is -0.509 e. The van der Waals surface area contributed by atoms with Gasteiger partial charge in [0.05, 0.1) is 13.2 Å². The Morgan fingerprint density at radius 2 is 2.15 bits per heavy atom. The van der Waals surface area contributed by atoms with Gasteiger partial charge in [-0.15, -0.1) is 0 Å². The summed E-state index contributed by atoms with van der Waals surface area (Å²) in [6.45, 7) is 8.57. The van der Waals surface area contributed by atoms with E-state index in [1.807, 2.05) is 13.8 Å². The molecule has 0 aromatic heterocycles. The first-order valence-electron chi connectivity index (χ1n) is 11.2. The molecule has 33 heavy (non-hydrogen) atoms. The number of hydrogen-bond donors (Lipinski definition) is 2. The second kappa shape index (κ2) is 11.3. The van der Waals surface area contributed by atoms with E-state index in [0.717, 1.165) is 0 Å². The van der Waals surface area contributed by atoms with Crippen LogP contribution in [0.3, 0.4) is 0 Å². The zero-order chi connectivity index (χ0) is 24.8. The van der Waals surface area contributed by atoms with E-state index < -0.39 is 40.9 Å². The predicted octanol–water partition coefficient (Wildman–Crippen LogP) is 3.30. The molecule has 9 heteroatoms. The standard InChI is InChI=1S/C22H27FN2O6.C2H6/c1-4-14(23)9-7-6-8-13-10-24-16-17-19(13)31-12-22(3,29)11-25(17)20(27)15(18(16)26)21(28)30-5-2;1-2/h4,7,9-10,16-17,26,29H,5-6,8,11-12H2,1-3H3;1-2H3/b9-7-,14-4+;. The van der Waals surface area contributed by atoms with Crippen LogP contribution in [0.2, 0.25) is 0 Å². The molecule has 1 amide bonds. The highest BCUT2D eigenvalue weighted by atomic mass is 19.1. The summed E-state index contributed by atoms with van der Waals surface area (Å²) >= 11 is 0. The minimum absolute atomic E-state index is 0.0394. The lowest BCUT2D eigenvalue weighted by Gasteiger charge is -2.41. The molecule has 0 spiro atoms. The van der Waals surface area contributed by atoms with Gasteiger partial charge in [0.2, 0.25) is 0 Å². The number of hydrogen-bond acceptors (Lipinski definition) is 7. The van der Waals surface area contributed by atoms with Gasteiger partial charge < -0.3 is 24.6 Å². The molecule has 0 saturated carbocycles. The summed E-state index contributed by atoms with van der Waals surface area (Å²) in [6, 6.07) is -1.74. The number of allylic oxidation sites excluding steroid dienone is 5. The number of carbonyl (C=O) groups is 2. The molecule has 3 atom stereocenters. The van der Waals surface area contributed by atoms with E-state index in [4.69, 9.17) is 9.47 Å². The number of aliphatic hydroxyl groups is 2. The van der Waals surface area contributed by atoms with Gasteiger partial charge in [0.25, 0.3) is 5.91 Å². The fourth-order valence-electron chi connectivity index (χ4n) is 3.82. The summed E-state index contributed by atoms with van der Waals surface area (Å²) in [5.41, 5.74) is -1.18. The Labute approximate surface area is 193 Å². The third-order valence-corrected chi connectivity index (χ3v) is 5.28. The number of aliphatic hydroxyl groups excluding tert-OH is 1. The van der Waals surface area contributed by atoms with Crippen molar-refractivity contribution in [2.75, 3.05) is 19.8 Å². The summed E-state index contributed by atoms with van der Waals surface area (Å²) in [6.07, 6.45) is 6.87. The number of ether oxygens (including phenoxy) is 2. The first-order chi connectivity index (χ1) is 15.7. The monoisotopic (exact) mass is 464 g/mol. The molecule has 0 aliphatic carbocycles. The van der Waals surface area contributed by atoms with Crippen LogP contribution >= 0.6 is 0 Å². The number of amides is 1. The highest BCUT2D eigenvalue weighted by Crippen LogP contribution is 2.38. The van der Waals surface area contributed by atoms with Crippen molar-refractivity contribution >= 4 is 18.1 Å². The molecule has 0 aromatic carbocycles. The number of aliphatic imine (C=N–C) groups is 1. The van der Waals surface area contributed by atoms with Crippen molar-refractivity contribution in [3.05, 3.63) is 46.7 Å². The fourth-order valence-corrected chi connectivity index (χ4v) is 3.82. The molecule has 3 unspecified atom stereocenters. The average Bonchev–Trinajstić information content (AvgIpc) is 2.93. The SMILES string of the molecule is C/C=C(F)\C=C/CCC1=C2OCC(C)(O)CN3C(=O)C(C(=O)OCC)=C(O)C(N=C1)C23.CC. The zero-order valence-corrected chi connectivity index (χ0v) is 19.8. The molecule has 2 N–H and O–H groups in total. The van der Waals surface area contributed by atoms with E-state index in [9.17, 15) is 24.2 Å². The first-order valence-corrected chi connectivity index (χ1v) is 11.2. The summed E-state index contributed by atoms with van der Waals surface area (Å²) in [5, 5.41) is 21.4. The van der Waals surface area contributed by atoms with E-state index in [1.165, 1.54) is 30.2 Å². The summed E-state index contributed by atoms with van der Waals surface area (Å²) in [5.74, 6) is -2.09. The highest BCUT2D eigenvalue weighted by Gasteiger charge is 2.52. The van der Waals surface area contributed by atoms with E-state index >= 15 is 0 Å². The van der Waals surface area contributed by atoms with Gasteiger partial charge in [0.1, 0.15) is 41.6 Å². The quantitative estimate of drug-likeness (QED) is 0.355. The van der Waals surface area contributed by atoms with E-state index in [0.29, 0.717) is 24.2 Å². The van der Waals surface area contributed by atoms with Crippen molar-refractivity contribution in [1.29, 1.82) is 0 Å². The topological polar surface area (TPSA) is 109 Å². The number of dihydropyridines is 1. The number of carbonyl (C=O) groups excluding carboxylic acids is 2. The van der Waals surface area contributed by atoms with Crippen molar-refractivity contribution in [1.82, 2.24) is 4.90 Å². The van der Waals surface area contributed by atoms with Crippen LogP contribution in [0.15, 0.2) is 51.7 Å². The molecule has 0 bridgehead atoms. The van der Waals surface area contributed by atoms with Crippen LogP contribution in [0.5, 0.6) is 0 Å². The molecule has 3 rings (SSSR count). The Balaban J connectivity index is 0.00000187. The highest BCUT2D eigenvalue weighted by molar-refractivity contribution is 6.17. The van der Waals surface area contributed by atoms with Crippen LogP contribution in [0.25, 0.3) is 0 Å². The number of esters is 1. The van der Waals surface area contributed by atoms with Crippen LogP contribution < -0.4 is 0 Å². The van der Waals surface area contributed by atoms with Crippen LogP contribution in [-0.2, 0) is 19.1 Å². The van der Waals surface area contributed by atoms with E-state index in [1.54, 1.807) is 19.9 Å². The Hall–Kier alpha value is -2.94. The zero-order valence-electron chi connectivity index (χ0n) is 19.8. The van der Waals surface area contributed by atoms with Gasteiger partial charge in [-0.1, -0.05) is 26.0 Å². The van der Waals surface area contributed by atoms with Gasteiger partial charge in [-0.05, 0) is 39.7 Å². The molecule has 182 valence electrons. The summed E-state index contributed by atoms with van der Waals surface area (Å²) in [4.78, 5) is 31.2. The van der Waals surface area contributed by atoms with Gasteiger partial charge in [-0.25, -0.2) is 9.18 Å². The van der Waals surface area contributed by atoms with Crippen LogP contribution in [0, 0.1) is 0 Å². The maximum atomic E-state index is 13.3. The van der Waals surface area contributed by atoms with Crippen molar-refractivity contribution in [2.45, 2.75) is 65.1 Å². The molecule has 1 fully saturated rings. The number of nitrogens with zero attached hydrogens (tertiary/aromatic N) is 2. The number of halogens is 1. The maximum absolute atomic E-state index is 13.3. The lowest BCUT2D eigenvalue weighted by Crippen LogP contribution is -2.57. The molecule has 1 saturated heterocycles. The Kier molecular flexibility index (Phi) is 8.99. The van der Waals surface area contributed by atoms with Gasteiger partial charge >= 0.3 is 5.97 Å². The average molecular weight is 465 g/mol. The van der Waals surface area contributed by atoms with Gasteiger partial charge in [0.15, 0.2) is 5.57 Å². The van der Waals surface area contributed by atoms with Gasteiger partial charge in [0, 0.05) is 11.8 Å². The van der Waals surface area contributed by atoms with Crippen LogP contribution in [-0.4, -0.2) is 70.6 Å². The van der Waals surface area contributed by atoms with Crippen molar-refractivity contribution in [3.8, 4) is 0 Å². The third kappa shape index (κ3) is 5.71. The van der Waals surface area contributed by atoms with Gasteiger partial charge in [-0.3, -0.25) is 9.79 Å². The Morgan fingerprint density at radius 1 is 1.45 bits per heavy atom. The Bertz CT molecular complexity index is 916. The lowest BCUT2D eigenvalue weighted by atomic mass is 9.88. The van der Waals surface area contributed by atoms with Crippen LogP contribution in [0.1, 0.15) is 47.5 Å². The van der Waals surface area contributed by atoms with Crippen molar-refractivity contribution in [3.63, 3.8) is 0 Å². The van der Waals surface area contributed by atoms with Crippen molar-refractivity contribution in [2.24, 2.45) is 4.99 Å². The third-order valence-electron chi connectivity index (χ3n) is 5.28. The molecule has 8 nitrogen and oxygen atoms in total. The predicted molar refractivity (Wildman–Crippen MR) is 122 cm³/mol. The lowest BCUT2D eigenvalue weighted by molar-refractivity contribution is -0.145. The molecular formula is C24H33FN2O6. The van der Waals surface area contributed by atoms with Crippen LogP contribution in [0.4, 0.5) is 4.39 Å². The summed E-state index contributed by atoms with van der Waals surface area (Å²) < 4.78 is 24.1. The van der Waals surface area contributed by atoms with Crippen molar-refractivity contribution < 1.29 is 33.7 Å². The van der Waals surface area contributed by atoms with E-state index in [2.05, 4.69) is 4.99 Å². The largest absolute Gasteiger partial charge is 0.509 e. The normalized spacial score (nSPS) is 27.1. The summed E-state index contributed by atoms with van der Waals surface area (Å²) in [7, 11) is 0. The molecule has 0 aromatic rings. The molecule has 0 radical (unpaired) electrons. The molecular weight excluding hydrogens is 431 g/mol. The molecule has 3 aliphatic heterocycles. The fraction of sp³-hybridized carbons (Fsp3) is 0.542. The maximum Gasteiger partial charge on any atom is 0.347 e. The second-order valence-electron chi connectivity index (χ2n) is 7.87. The smallest absolute Gasteiger partial charge is 0.347 e. The second-order valence-corrected chi connectivity index (χ2v) is 7.87. The number of rotatable bonds is 6. The van der Waals surface area contributed by atoms with E-state index in [-0.39, 0.29) is 25.6 Å².